The van der Waals surface area contributed by atoms with Crippen LogP contribution in [0.3, 0.4) is 0 Å². The second kappa shape index (κ2) is 8.85. The van der Waals surface area contributed by atoms with Gasteiger partial charge in [-0.15, -0.1) is 0 Å². The average molecular weight is 437 g/mol. The largest absolute Gasteiger partial charge is 0.493 e. The van der Waals surface area contributed by atoms with Crippen LogP contribution in [0, 0.1) is 0 Å². The Hall–Kier alpha value is -2.90. The second-order valence-electron chi connectivity index (χ2n) is 6.70. The van der Waals surface area contributed by atoms with Crippen molar-refractivity contribution in [3.63, 3.8) is 0 Å². The summed E-state index contributed by atoms with van der Waals surface area (Å²) in [7, 11) is 3.21. The number of ether oxygens (including phenoxy) is 2. The molecule has 0 atom stereocenters. The summed E-state index contributed by atoms with van der Waals surface area (Å²) in [5.41, 5.74) is 2.83. The molecule has 1 aliphatic rings. The number of para-hydroxylation sites is 1. The number of hydrogen-bond donors (Lipinski definition) is 0. The molecular weight excluding hydrogens is 416 g/mol. The number of thioether (sulfide) groups is 1. The Labute approximate surface area is 184 Å². The van der Waals surface area contributed by atoms with Crippen LogP contribution in [0.1, 0.15) is 11.1 Å². The number of pyridine rings is 1. The van der Waals surface area contributed by atoms with Crippen LogP contribution in [-0.2, 0) is 11.2 Å². The van der Waals surface area contributed by atoms with Crippen molar-refractivity contribution in [3.05, 3.63) is 70.8 Å². The molecule has 1 saturated heterocycles. The molecule has 5 nitrogen and oxygen atoms in total. The first-order chi connectivity index (χ1) is 14.6. The fourth-order valence-electron chi connectivity index (χ4n) is 3.36. The number of benzene rings is 2. The second-order valence-corrected chi connectivity index (χ2v) is 8.37. The van der Waals surface area contributed by atoms with E-state index in [1.54, 1.807) is 25.3 Å². The van der Waals surface area contributed by atoms with E-state index in [1.165, 1.54) is 11.8 Å². The van der Waals surface area contributed by atoms with Gasteiger partial charge in [0.2, 0.25) is 0 Å². The lowest BCUT2D eigenvalue weighted by molar-refractivity contribution is -0.122. The maximum absolute atomic E-state index is 13.0. The SMILES string of the molecule is COc1ccc(CCN2C(=O)C(=Cc3cccc4cccnc34)SC2=S)cc1OC. The predicted octanol–water partition coefficient (Wildman–Crippen LogP) is 4.70. The van der Waals surface area contributed by atoms with Crippen molar-refractivity contribution < 1.29 is 14.3 Å². The van der Waals surface area contributed by atoms with Gasteiger partial charge in [0.25, 0.3) is 5.91 Å². The van der Waals surface area contributed by atoms with E-state index >= 15 is 0 Å². The molecule has 30 heavy (non-hydrogen) atoms. The van der Waals surface area contributed by atoms with Gasteiger partial charge in [-0.05, 0) is 36.3 Å². The minimum Gasteiger partial charge on any atom is -0.493 e. The molecule has 7 heteroatoms. The summed E-state index contributed by atoms with van der Waals surface area (Å²) < 4.78 is 11.2. The first-order valence-electron chi connectivity index (χ1n) is 9.40. The van der Waals surface area contributed by atoms with Gasteiger partial charge in [0.1, 0.15) is 4.32 Å². The summed E-state index contributed by atoms with van der Waals surface area (Å²) >= 11 is 6.81. The lowest BCUT2D eigenvalue weighted by atomic mass is 10.1. The van der Waals surface area contributed by atoms with Gasteiger partial charge in [-0.25, -0.2) is 0 Å². The molecule has 0 unspecified atom stereocenters. The Kier molecular flexibility index (Phi) is 6.01. The van der Waals surface area contributed by atoms with Crippen molar-refractivity contribution in [2.75, 3.05) is 20.8 Å². The lowest BCUT2D eigenvalue weighted by Crippen LogP contribution is -2.30. The van der Waals surface area contributed by atoms with Gasteiger partial charge in [-0.1, -0.05) is 54.3 Å². The summed E-state index contributed by atoms with van der Waals surface area (Å²) in [6.45, 7) is 0.505. The van der Waals surface area contributed by atoms with Crippen molar-refractivity contribution in [1.82, 2.24) is 9.88 Å². The highest BCUT2D eigenvalue weighted by molar-refractivity contribution is 8.26. The number of aromatic nitrogens is 1. The van der Waals surface area contributed by atoms with E-state index in [0.717, 1.165) is 22.0 Å². The molecule has 0 spiro atoms. The maximum Gasteiger partial charge on any atom is 0.266 e. The predicted molar refractivity (Wildman–Crippen MR) is 125 cm³/mol. The number of carbonyl (C=O) groups is 1. The maximum atomic E-state index is 13.0. The van der Waals surface area contributed by atoms with Gasteiger partial charge < -0.3 is 9.47 Å². The normalized spacial score (nSPS) is 15.3. The van der Waals surface area contributed by atoms with E-state index in [9.17, 15) is 4.79 Å². The van der Waals surface area contributed by atoms with Gasteiger partial charge in [-0.2, -0.15) is 0 Å². The van der Waals surface area contributed by atoms with Crippen molar-refractivity contribution in [2.45, 2.75) is 6.42 Å². The molecule has 0 aliphatic carbocycles. The zero-order valence-electron chi connectivity index (χ0n) is 16.6. The number of amides is 1. The first kappa shape index (κ1) is 20.4. The highest BCUT2D eigenvalue weighted by Gasteiger charge is 2.31. The zero-order valence-corrected chi connectivity index (χ0v) is 18.3. The fourth-order valence-corrected chi connectivity index (χ4v) is 4.65. The van der Waals surface area contributed by atoms with Gasteiger partial charge in [-0.3, -0.25) is 14.7 Å². The minimum atomic E-state index is -0.0709. The average Bonchev–Trinajstić information content (AvgIpc) is 3.04. The molecule has 1 aromatic heterocycles. The summed E-state index contributed by atoms with van der Waals surface area (Å²) in [6, 6.07) is 15.6. The smallest absolute Gasteiger partial charge is 0.266 e. The number of rotatable bonds is 6. The summed E-state index contributed by atoms with van der Waals surface area (Å²) in [4.78, 5) is 19.7. The van der Waals surface area contributed by atoms with Crippen LogP contribution in [0.5, 0.6) is 11.5 Å². The number of methoxy groups -OCH3 is 2. The zero-order chi connectivity index (χ0) is 21.1. The van der Waals surface area contributed by atoms with Crippen LogP contribution < -0.4 is 9.47 Å². The molecule has 1 fully saturated rings. The van der Waals surface area contributed by atoms with Crippen LogP contribution in [0.4, 0.5) is 0 Å². The van der Waals surface area contributed by atoms with Crippen LogP contribution in [0.15, 0.2) is 59.6 Å². The first-order valence-corrected chi connectivity index (χ1v) is 10.6. The molecule has 2 heterocycles. The highest BCUT2D eigenvalue weighted by Crippen LogP contribution is 2.34. The molecule has 1 amide bonds. The minimum absolute atomic E-state index is 0.0709. The number of nitrogens with zero attached hydrogens (tertiary/aromatic N) is 2. The Morgan fingerprint density at radius 1 is 1.10 bits per heavy atom. The third-order valence-corrected chi connectivity index (χ3v) is 6.27. The Morgan fingerprint density at radius 3 is 2.70 bits per heavy atom. The molecule has 0 radical (unpaired) electrons. The van der Waals surface area contributed by atoms with E-state index in [2.05, 4.69) is 4.98 Å². The fraction of sp³-hybridized carbons (Fsp3) is 0.174. The number of fused-ring (bicyclic) bond motifs is 1. The number of thiocarbonyl (C=S) groups is 1. The molecule has 2 aromatic carbocycles. The molecule has 1 aliphatic heterocycles. The van der Waals surface area contributed by atoms with E-state index in [0.29, 0.717) is 33.7 Å². The topological polar surface area (TPSA) is 51.7 Å². The van der Waals surface area contributed by atoms with Crippen LogP contribution in [0.25, 0.3) is 17.0 Å². The summed E-state index contributed by atoms with van der Waals surface area (Å²) in [5, 5.41) is 1.04. The third-order valence-electron chi connectivity index (χ3n) is 4.90. The quantitative estimate of drug-likeness (QED) is 0.413. The number of hydrogen-bond acceptors (Lipinski definition) is 6. The van der Waals surface area contributed by atoms with Crippen molar-refractivity contribution >= 4 is 51.2 Å². The van der Waals surface area contributed by atoms with E-state index in [1.807, 2.05) is 54.6 Å². The van der Waals surface area contributed by atoms with Crippen molar-refractivity contribution in [1.29, 1.82) is 0 Å². The monoisotopic (exact) mass is 436 g/mol. The molecule has 0 saturated carbocycles. The van der Waals surface area contributed by atoms with E-state index < -0.39 is 0 Å². The van der Waals surface area contributed by atoms with Crippen LogP contribution in [-0.4, -0.2) is 40.9 Å². The standard InChI is InChI=1S/C23H20N2O3S2/c1-27-18-9-8-15(13-19(18)28-2)10-12-25-22(26)20(30-23(25)29)14-17-6-3-5-16-7-4-11-24-21(16)17/h3-9,11,13-14H,10,12H2,1-2H3. The lowest BCUT2D eigenvalue weighted by Gasteiger charge is -2.15. The van der Waals surface area contributed by atoms with E-state index in [4.69, 9.17) is 21.7 Å². The van der Waals surface area contributed by atoms with Gasteiger partial charge >= 0.3 is 0 Å². The van der Waals surface area contributed by atoms with Crippen molar-refractivity contribution in [2.24, 2.45) is 0 Å². The van der Waals surface area contributed by atoms with E-state index in [-0.39, 0.29) is 5.91 Å². The van der Waals surface area contributed by atoms with Gasteiger partial charge in [0.15, 0.2) is 11.5 Å². The third kappa shape index (κ3) is 4.04. The molecule has 0 N–H and O–H groups in total. The number of carbonyl (C=O) groups excluding carboxylic acids is 1. The highest BCUT2D eigenvalue weighted by atomic mass is 32.2. The molecule has 0 bridgehead atoms. The molecule has 3 aromatic rings. The molecule has 152 valence electrons. The molecule has 4 rings (SSSR count). The summed E-state index contributed by atoms with van der Waals surface area (Å²) in [6.07, 6.45) is 4.30. The van der Waals surface area contributed by atoms with Gasteiger partial charge in [0, 0.05) is 23.7 Å². The van der Waals surface area contributed by atoms with Crippen molar-refractivity contribution in [3.8, 4) is 11.5 Å². The van der Waals surface area contributed by atoms with Crippen LogP contribution in [0.2, 0.25) is 0 Å². The molecular formula is C23H20N2O3S2. The van der Waals surface area contributed by atoms with Crippen LogP contribution >= 0.6 is 24.0 Å². The Bertz CT molecular complexity index is 1150. The Morgan fingerprint density at radius 2 is 1.90 bits per heavy atom. The van der Waals surface area contributed by atoms with Gasteiger partial charge in [0.05, 0.1) is 24.6 Å². The summed E-state index contributed by atoms with van der Waals surface area (Å²) in [5.74, 6) is 1.28. The Balaban J connectivity index is 1.52.